The second kappa shape index (κ2) is 77.8. The first-order valence-electron chi connectivity index (χ1n) is 41.6. The molecule has 0 saturated heterocycles. The Morgan fingerprint density at radius 3 is 0.867 bits per heavy atom. The molecule has 98 heavy (non-hydrogen) atoms. The van der Waals surface area contributed by atoms with Crippen LogP contribution in [0.2, 0.25) is 0 Å². The third-order valence-corrected chi connectivity index (χ3v) is 19.3. The second-order valence-electron chi connectivity index (χ2n) is 29.1. The summed E-state index contributed by atoms with van der Waals surface area (Å²) < 4.78 is 34.4. The van der Waals surface area contributed by atoms with Crippen molar-refractivity contribution >= 4 is 19.8 Å². The van der Waals surface area contributed by atoms with Gasteiger partial charge in [-0.1, -0.05) is 399 Å². The summed E-state index contributed by atoms with van der Waals surface area (Å²) in [7, 11) is 1.15. The third kappa shape index (κ3) is 81.6. The molecule has 2 unspecified atom stereocenters. The largest absolute Gasteiger partial charge is 0.756 e. The van der Waals surface area contributed by atoms with Crippen molar-refractivity contribution in [3.63, 3.8) is 0 Å². The zero-order chi connectivity index (χ0) is 71.1. The van der Waals surface area contributed by atoms with Crippen LogP contribution in [0.1, 0.15) is 386 Å². The van der Waals surface area contributed by atoms with E-state index in [1.807, 2.05) is 21.1 Å². The van der Waals surface area contributed by atoms with E-state index in [0.717, 1.165) is 109 Å². The summed E-state index contributed by atoms with van der Waals surface area (Å²) >= 11 is 0. The minimum absolute atomic E-state index is 0.0388. The number of likely N-dealkylation sites (N-methyl/N-ethyl adjacent to an activating group) is 1. The SMILES string of the molecule is CC/C=C\C/C=C\C/C=C\C/C=C\C/C=C\C/C=C\C/C=C\C/C=C\C/C=C\CCCCCCCC(=O)OC(COC(=O)CCCCCCCCCCCCCCCCCCCCCCCCCCCCCCCCCCCCCCCCCCC)COP(=O)([O-])OCC[N+](C)(C)C. The quantitative estimate of drug-likeness (QED) is 0.0195. The van der Waals surface area contributed by atoms with Crippen molar-refractivity contribution in [3.05, 3.63) is 109 Å². The number of phosphoric acid groups is 1. The van der Waals surface area contributed by atoms with Gasteiger partial charge in [-0.2, -0.15) is 0 Å². The van der Waals surface area contributed by atoms with Gasteiger partial charge in [-0.15, -0.1) is 0 Å². The molecule has 10 heteroatoms. The summed E-state index contributed by atoms with van der Waals surface area (Å²) in [5, 5.41) is 0. The maximum absolute atomic E-state index is 12.9. The van der Waals surface area contributed by atoms with Crippen LogP contribution < -0.4 is 4.89 Å². The van der Waals surface area contributed by atoms with Gasteiger partial charge in [-0.05, 0) is 83.5 Å². The molecule has 0 aliphatic carbocycles. The average molecular weight is 1390 g/mol. The van der Waals surface area contributed by atoms with Crippen LogP contribution in [0.25, 0.3) is 0 Å². The summed E-state index contributed by atoms with van der Waals surface area (Å²) in [5.74, 6) is -0.847. The monoisotopic (exact) mass is 1390 g/mol. The fourth-order valence-corrected chi connectivity index (χ4v) is 12.7. The third-order valence-electron chi connectivity index (χ3n) is 18.3. The lowest BCUT2D eigenvalue weighted by molar-refractivity contribution is -0.870. The van der Waals surface area contributed by atoms with Gasteiger partial charge in [-0.3, -0.25) is 14.2 Å². The first-order valence-corrected chi connectivity index (χ1v) is 43.1. The van der Waals surface area contributed by atoms with E-state index in [0.29, 0.717) is 17.4 Å². The van der Waals surface area contributed by atoms with Crippen LogP contribution in [0.3, 0.4) is 0 Å². The van der Waals surface area contributed by atoms with Gasteiger partial charge in [0.05, 0.1) is 27.7 Å². The molecule has 0 aromatic rings. The number of unbranched alkanes of at least 4 members (excludes halogenated alkanes) is 45. The molecule has 0 bridgehead atoms. The van der Waals surface area contributed by atoms with Crippen molar-refractivity contribution in [2.24, 2.45) is 0 Å². The number of quaternary nitrogens is 1. The Hall–Kier alpha value is -3.33. The van der Waals surface area contributed by atoms with Crippen molar-refractivity contribution in [1.82, 2.24) is 0 Å². The normalized spacial score (nSPS) is 13.6. The Balaban J connectivity index is 3.96. The van der Waals surface area contributed by atoms with E-state index in [9.17, 15) is 19.0 Å². The topological polar surface area (TPSA) is 111 Å². The summed E-state index contributed by atoms with van der Waals surface area (Å²) in [5.41, 5.74) is 0. The molecule has 0 aromatic carbocycles. The average Bonchev–Trinajstić information content (AvgIpc) is 1.08. The molecule has 0 radical (unpaired) electrons. The molecular formula is C88H158NO8P. The van der Waals surface area contributed by atoms with Gasteiger partial charge in [-0.25, -0.2) is 0 Å². The number of hydrogen-bond acceptors (Lipinski definition) is 8. The van der Waals surface area contributed by atoms with E-state index in [-0.39, 0.29) is 32.0 Å². The second-order valence-corrected chi connectivity index (χ2v) is 30.5. The highest BCUT2D eigenvalue weighted by atomic mass is 31.2. The number of esters is 2. The molecule has 0 saturated carbocycles. The van der Waals surface area contributed by atoms with Gasteiger partial charge >= 0.3 is 11.9 Å². The van der Waals surface area contributed by atoms with Crippen molar-refractivity contribution in [2.45, 2.75) is 392 Å². The van der Waals surface area contributed by atoms with Gasteiger partial charge in [0, 0.05) is 12.8 Å². The van der Waals surface area contributed by atoms with E-state index in [4.69, 9.17) is 18.5 Å². The predicted molar refractivity (Wildman–Crippen MR) is 425 cm³/mol. The number of rotatable bonds is 77. The Labute approximate surface area is 607 Å². The summed E-state index contributed by atoms with van der Waals surface area (Å²) in [6.45, 7) is 4.15. The van der Waals surface area contributed by atoms with Crippen molar-refractivity contribution in [3.8, 4) is 0 Å². The van der Waals surface area contributed by atoms with Crippen LogP contribution in [0.15, 0.2) is 109 Å². The highest BCUT2D eigenvalue weighted by Crippen LogP contribution is 2.38. The molecule has 0 aliphatic rings. The molecule has 9 nitrogen and oxygen atoms in total. The van der Waals surface area contributed by atoms with Gasteiger partial charge in [0.25, 0.3) is 7.82 Å². The molecule has 0 rings (SSSR count). The standard InChI is InChI=1S/C88H158NO8P/c1-6-8-10-12-14-16-18-20-22-24-26-28-30-32-34-36-38-40-41-42-43-44-45-46-47-49-50-52-54-56-58-60-62-64-66-68-70-72-74-76-78-80-87(90)94-84-86(85-96-98(92,93)95-83-82-89(3,4)5)97-88(91)81-79-77-75-73-71-69-67-65-63-61-59-57-55-53-51-48-39-37-35-33-31-29-27-25-23-21-19-17-15-13-11-9-7-2/h9,11,15,17,21,23,27,29,33,35,39,48,53,55,59,61,65,67,86H,6-8,10,12-14,16,18-20,22,24-26,28,30-32,34,36-38,40-47,49-52,54,56-58,60,62-64,66,68-85H2,1-5H3/b11-9-,17-15-,23-21-,29-27-,35-33-,48-39-,55-53-,61-59-,67-65-. The van der Waals surface area contributed by atoms with Crippen LogP contribution in [-0.4, -0.2) is 70.0 Å². The molecule has 0 heterocycles. The first kappa shape index (κ1) is 94.7. The van der Waals surface area contributed by atoms with E-state index < -0.39 is 26.5 Å². The van der Waals surface area contributed by atoms with Crippen LogP contribution in [0.4, 0.5) is 0 Å². The van der Waals surface area contributed by atoms with Crippen molar-refractivity contribution < 1.29 is 42.1 Å². The first-order chi connectivity index (χ1) is 48.0. The summed E-state index contributed by atoms with van der Waals surface area (Å²) in [4.78, 5) is 38.2. The molecule has 0 amide bonds. The van der Waals surface area contributed by atoms with Gasteiger partial charge in [0.15, 0.2) is 6.10 Å². The van der Waals surface area contributed by atoms with Crippen LogP contribution >= 0.6 is 7.82 Å². The maximum atomic E-state index is 12.9. The minimum Gasteiger partial charge on any atom is -0.756 e. The molecular weight excluding hydrogens is 1230 g/mol. The molecule has 0 N–H and O–H groups in total. The van der Waals surface area contributed by atoms with Gasteiger partial charge < -0.3 is 27.9 Å². The number of allylic oxidation sites excluding steroid dienone is 18. The zero-order valence-electron chi connectivity index (χ0n) is 65.0. The number of nitrogens with zero attached hydrogens (tertiary/aromatic N) is 1. The molecule has 0 fully saturated rings. The maximum Gasteiger partial charge on any atom is 0.306 e. The highest BCUT2D eigenvalue weighted by Gasteiger charge is 2.22. The molecule has 0 spiro atoms. The van der Waals surface area contributed by atoms with Crippen molar-refractivity contribution in [2.75, 3.05) is 47.5 Å². The van der Waals surface area contributed by atoms with E-state index in [2.05, 4.69) is 123 Å². The Kier molecular flexibility index (Phi) is 75.2. The van der Waals surface area contributed by atoms with Gasteiger partial charge in [0.1, 0.15) is 19.8 Å². The summed E-state index contributed by atoms with van der Waals surface area (Å²) in [6.07, 6.45) is 111. The van der Waals surface area contributed by atoms with E-state index in [1.165, 1.54) is 244 Å². The number of phosphoric ester groups is 1. The Morgan fingerprint density at radius 1 is 0.327 bits per heavy atom. The zero-order valence-corrected chi connectivity index (χ0v) is 65.9. The molecule has 2 atom stereocenters. The Bertz CT molecular complexity index is 2030. The molecule has 0 aromatic heterocycles. The fourth-order valence-electron chi connectivity index (χ4n) is 12.0. The number of carbonyl (C=O) groups is 2. The Morgan fingerprint density at radius 2 is 0.582 bits per heavy atom. The molecule has 0 aliphatic heterocycles. The number of ether oxygens (including phenoxy) is 2. The summed E-state index contributed by atoms with van der Waals surface area (Å²) in [6, 6.07) is 0. The minimum atomic E-state index is -4.66. The van der Waals surface area contributed by atoms with E-state index >= 15 is 0 Å². The highest BCUT2D eigenvalue weighted by molar-refractivity contribution is 7.45. The fraction of sp³-hybridized carbons (Fsp3) is 0.773. The van der Waals surface area contributed by atoms with Crippen LogP contribution in [-0.2, 0) is 32.7 Å². The van der Waals surface area contributed by atoms with Crippen LogP contribution in [0.5, 0.6) is 0 Å². The molecule has 568 valence electrons. The lowest BCUT2D eigenvalue weighted by Crippen LogP contribution is -2.37. The number of hydrogen-bond donors (Lipinski definition) is 0. The smallest absolute Gasteiger partial charge is 0.306 e. The van der Waals surface area contributed by atoms with Gasteiger partial charge in [0.2, 0.25) is 0 Å². The lowest BCUT2D eigenvalue weighted by Gasteiger charge is -2.28. The lowest BCUT2D eigenvalue weighted by atomic mass is 10.0. The van der Waals surface area contributed by atoms with Crippen molar-refractivity contribution in [1.29, 1.82) is 0 Å². The number of carbonyl (C=O) groups excluding carboxylic acids is 2. The van der Waals surface area contributed by atoms with Crippen LogP contribution in [0, 0.1) is 0 Å². The van der Waals surface area contributed by atoms with E-state index in [1.54, 1.807) is 0 Å². The predicted octanol–water partition coefficient (Wildman–Crippen LogP) is 27.3.